The normalized spacial score (nSPS) is 16.6. The monoisotopic (exact) mass is 316 g/mol. The van der Waals surface area contributed by atoms with Crippen molar-refractivity contribution in [1.29, 1.82) is 0 Å². The minimum absolute atomic E-state index is 0.128. The van der Waals surface area contributed by atoms with E-state index in [-0.39, 0.29) is 11.3 Å². The number of halogens is 3. The van der Waals surface area contributed by atoms with Gasteiger partial charge in [0.15, 0.2) is 0 Å². The second-order valence-corrected chi connectivity index (χ2v) is 5.45. The number of hydrogen-bond donors (Lipinski definition) is 1. The fourth-order valence-electron chi connectivity index (χ4n) is 2.95. The average Bonchev–Trinajstić information content (AvgIpc) is 2.53. The molecule has 3 aromatic rings. The number of benzene rings is 3. The van der Waals surface area contributed by atoms with E-state index in [4.69, 9.17) is 4.74 Å². The van der Waals surface area contributed by atoms with Crippen LogP contribution in [0.2, 0.25) is 0 Å². The fraction of sp³-hybridized carbons (Fsp3) is 0.111. The zero-order chi connectivity index (χ0) is 16.2. The molecule has 1 heterocycles. The number of alkyl halides is 3. The Hall–Kier alpha value is -2.53. The van der Waals surface area contributed by atoms with Crippen molar-refractivity contribution < 1.29 is 23.0 Å². The molecule has 0 amide bonds. The molecule has 1 atom stereocenters. The van der Waals surface area contributed by atoms with Gasteiger partial charge in [-0.05, 0) is 35.0 Å². The predicted octanol–water partition coefficient (Wildman–Crippen LogP) is 5.05. The number of aliphatic hydroxyl groups is 1. The Morgan fingerprint density at radius 1 is 0.913 bits per heavy atom. The lowest BCUT2D eigenvalue weighted by molar-refractivity contribution is -0.137. The van der Waals surface area contributed by atoms with E-state index in [0.29, 0.717) is 11.3 Å². The third-order valence-corrected chi connectivity index (χ3v) is 4.06. The first kappa shape index (κ1) is 14.1. The number of hydrogen-bond acceptors (Lipinski definition) is 2. The zero-order valence-electron chi connectivity index (χ0n) is 11.8. The van der Waals surface area contributed by atoms with Gasteiger partial charge in [0.1, 0.15) is 17.6 Å². The fourth-order valence-corrected chi connectivity index (χ4v) is 2.95. The van der Waals surface area contributed by atoms with E-state index in [9.17, 15) is 18.3 Å². The molecule has 1 unspecified atom stereocenters. The van der Waals surface area contributed by atoms with Gasteiger partial charge in [0, 0.05) is 11.1 Å². The van der Waals surface area contributed by atoms with Crippen LogP contribution in [0.4, 0.5) is 13.2 Å². The molecule has 0 saturated carbocycles. The smallest absolute Gasteiger partial charge is 0.416 e. The Morgan fingerprint density at radius 3 is 2.43 bits per heavy atom. The first-order chi connectivity index (χ1) is 10.9. The molecule has 23 heavy (non-hydrogen) atoms. The molecule has 0 fully saturated rings. The van der Waals surface area contributed by atoms with Crippen molar-refractivity contribution in [3.8, 4) is 11.5 Å². The summed E-state index contributed by atoms with van der Waals surface area (Å²) in [6.45, 7) is 0. The highest BCUT2D eigenvalue weighted by atomic mass is 19.4. The average molecular weight is 316 g/mol. The quantitative estimate of drug-likeness (QED) is 0.629. The highest BCUT2D eigenvalue weighted by Gasteiger charge is 2.34. The summed E-state index contributed by atoms with van der Waals surface area (Å²) in [7, 11) is 0. The Bertz CT molecular complexity index is 916. The summed E-state index contributed by atoms with van der Waals surface area (Å²) in [5, 5.41) is 12.3. The van der Waals surface area contributed by atoms with Crippen molar-refractivity contribution in [2.24, 2.45) is 0 Å². The first-order valence-corrected chi connectivity index (χ1v) is 7.04. The maximum Gasteiger partial charge on any atom is 0.416 e. The van der Waals surface area contributed by atoms with E-state index in [0.717, 1.165) is 22.9 Å². The largest absolute Gasteiger partial charge is 0.457 e. The van der Waals surface area contributed by atoms with Gasteiger partial charge >= 0.3 is 6.18 Å². The van der Waals surface area contributed by atoms with Crippen LogP contribution in [0.25, 0.3) is 10.8 Å². The molecule has 0 spiro atoms. The summed E-state index contributed by atoms with van der Waals surface area (Å²) in [6.07, 6.45) is -5.63. The molecule has 116 valence electrons. The van der Waals surface area contributed by atoms with E-state index in [1.165, 1.54) is 6.07 Å². The molecule has 0 aromatic heterocycles. The van der Waals surface area contributed by atoms with Crippen LogP contribution in [-0.2, 0) is 6.18 Å². The second kappa shape index (κ2) is 4.73. The van der Waals surface area contributed by atoms with Crippen LogP contribution in [0.15, 0.2) is 54.6 Å². The maximum atomic E-state index is 12.9. The summed E-state index contributed by atoms with van der Waals surface area (Å²) in [4.78, 5) is 0. The first-order valence-electron chi connectivity index (χ1n) is 7.04. The van der Waals surface area contributed by atoms with Gasteiger partial charge in [-0.2, -0.15) is 13.2 Å². The van der Waals surface area contributed by atoms with Crippen molar-refractivity contribution in [3.05, 3.63) is 71.3 Å². The molecule has 0 aliphatic carbocycles. The highest BCUT2D eigenvalue weighted by molar-refractivity contribution is 5.89. The standard InChI is InChI=1S/C18H11F3O2/c19-18(20,21)11-6-8-14-13(9-11)17(22)16-12-4-2-1-3-10(12)5-7-15(16)23-14/h1-9,17,22H. The zero-order valence-corrected chi connectivity index (χ0v) is 11.8. The maximum absolute atomic E-state index is 12.9. The molecule has 1 aliphatic rings. The van der Waals surface area contributed by atoms with Crippen LogP contribution in [0.3, 0.4) is 0 Å². The van der Waals surface area contributed by atoms with Crippen molar-refractivity contribution in [1.82, 2.24) is 0 Å². The molecular formula is C18H11F3O2. The molecule has 0 bridgehead atoms. The van der Waals surface area contributed by atoms with Crippen molar-refractivity contribution in [2.75, 3.05) is 0 Å². The number of fused-ring (bicyclic) bond motifs is 4. The Kier molecular flexibility index (Phi) is 2.90. The minimum atomic E-state index is -4.46. The Balaban J connectivity index is 1.93. The van der Waals surface area contributed by atoms with Gasteiger partial charge < -0.3 is 9.84 Å². The molecule has 1 N–H and O–H groups in total. The molecule has 1 aliphatic heterocycles. The van der Waals surface area contributed by atoms with Gasteiger partial charge in [-0.15, -0.1) is 0 Å². The molecule has 0 radical (unpaired) electrons. The summed E-state index contributed by atoms with van der Waals surface area (Å²) >= 11 is 0. The Labute approximate surface area is 129 Å². The van der Waals surface area contributed by atoms with Gasteiger partial charge in [0.05, 0.1) is 5.56 Å². The summed E-state index contributed by atoms with van der Waals surface area (Å²) in [5.41, 5.74) is -0.179. The minimum Gasteiger partial charge on any atom is -0.457 e. The number of aliphatic hydroxyl groups excluding tert-OH is 1. The van der Waals surface area contributed by atoms with Gasteiger partial charge in [0.25, 0.3) is 0 Å². The van der Waals surface area contributed by atoms with E-state index < -0.39 is 17.8 Å². The van der Waals surface area contributed by atoms with Crippen LogP contribution < -0.4 is 4.74 Å². The molecule has 5 heteroatoms. The van der Waals surface area contributed by atoms with E-state index in [1.54, 1.807) is 6.07 Å². The van der Waals surface area contributed by atoms with Crippen LogP contribution >= 0.6 is 0 Å². The van der Waals surface area contributed by atoms with Crippen LogP contribution in [0.5, 0.6) is 11.5 Å². The van der Waals surface area contributed by atoms with Crippen LogP contribution in [0.1, 0.15) is 22.8 Å². The second-order valence-electron chi connectivity index (χ2n) is 5.45. The lowest BCUT2D eigenvalue weighted by atomic mass is 9.91. The van der Waals surface area contributed by atoms with Gasteiger partial charge in [-0.25, -0.2) is 0 Å². The molecule has 3 aromatic carbocycles. The van der Waals surface area contributed by atoms with E-state index in [2.05, 4.69) is 0 Å². The molecule has 2 nitrogen and oxygen atoms in total. The molecule has 4 rings (SSSR count). The molecular weight excluding hydrogens is 305 g/mol. The van der Waals surface area contributed by atoms with Crippen LogP contribution in [0, 0.1) is 0 Å². The Morgan fingerprint density at radius 2 is 1.65 bits per heavy atom. The number of rotatable bonds is 0. The van der Waals surface area contributed by atoms with Gasteiger partial charge in [-0.1, -0.05) is 30.3 Å². The van der Waals surface area contributed by atoms with E-state index >= 15 is 0 Å². The molecule has 0 saturated heterocycles. The van der Waals surface area contributed by atoms with Crippen LogP contribution in [-0.4, -0.2) is 5.11 Å². The SMILES string of the molecule is OC1c2cc(C(F)(F)F)ccc2Oc2ccc3ccccc3c21. The van der Waals surface area contributed by atoms with Crippen molar-refractivity contribution in [2.45, 2.75) is 12.3 Å². The lowest BCUT2D eigenvalue weighted by Crippen LogP contribution is -2.13. The highest BCUT2D eigenvalue weighted by Crippen LogP contribution is 2.47. The van der Waals surface area contributed by atoms with Crippen molar-refractivity contribution >= 4 is 10.8 Å². The lowest BCUT2D eigenvalue weighted by Gasteiger charge is -2.27. The summed E-state index contributed by atoms with van der Waals surface area (Å²) in [6, 6.07) is 14.1. The summed E-state index contributed by atoms with van der Waals surface area (Å²) < 4.78 is 44.4. The number of ether oxygens (including phenoxy) is 1. The van der Waals surface area contributed by atoms with E-state index in [1.807, 2.05) is 30.3 Å². The third kappa shape index (κ3) is 2.16. The van der Waals surface area contributed by atoms with Gasteiger partial charge in [0.2, 0.25) is 0 Å². The topological polar surface area (TPSA) is 29.5 Å². The van der Waals surface area contributed by atoms with Gasteiger partial charge in [-0.3, -0.25) is 0 Å². The predicted molar refractivity (Wildman–Crippen MR) is 79.5 cm³/mol. The van der Waals surface area contributed by atoms with Crippen molar-refractivity contribution in [3.63, 3.8) is 0 Å². The summed E-state index contributed by atoms with van der Waals surface area (Å²) in [5.74, 6) is 0.705. The third-order valence-electron chi connectivity index (χ3n) is 4.06.